The van der Waals surface area contributed by atoms with Crippen molar-refractivity contribution in [3.8, 4) is 0 Å². The van der Waals surface area contributed by atoms with Crippen molar-refractivity contribution >= 4 is 10.0 Å². The van der Waals surface area contributed by atoms with Crippen LogP contribution in [0.2, 0.25) is 0 Å². The first-order valence-corrected chi connectivity index (χ1v) is 6.73. The average molecular weight is 247 g/mol. The molecule has 0 saturated carbocycles. The molecule has 1 aromatic rings. The van der Waals surface area contributed by atoms with Crippen molar-refractivity contribution < 1.29 is 12.9 Å². The van der Waals surface area contributed by atoms with E-state index in [2.05, 4.69) is 15.2 Å². The van der Waals surface area contributed by atoms with Crippen LogP contribution in [0.3, 0.4) is 0 Å². The molecular formula is C9H17N3O3S. The highest BCUT2D eigenvalue weighted by molar-refractivity contribution is 7.89. The lowest BCUT2D eigenvalue weighted by Crippen LogP contribution is -2.27. The number of nitrogens with one attached hydrogen (secondary N) is 2. The third-order valence-corrected chi connectivity index (χ3v) is 3.39. The number of rotatable bonds is 7. The molecular weight excluding hydrogens is 230 g/mol. The molecule has 2 N–H and O–H groups in total. The minimum atomic E-state index is -3.22. The van der Waals surface area contributed by atoms with Gasteiger partial charge < -0.3 is 9.84 Å². The molecule has 0 aliphatic heterocycles. The SMILES string of the molecule is CNCCCS(=O)(=O)NCc1cc(C)no1. The summed E-state index contributed by atoms with van der Waals surface area (Å²) in [4.78, 5) is 0. The van der Waals surface area contributed by atoms with E-state index in [0.717, 1.165) is 5.69 Å². The Hall–Kier alpha value is -0.920. The zero-order valence-corrected chi connectivity index (χ0v) is 10.3. The second kappa shape index (κ2) is 5.97. The lowest BCUT2D eigenvalue weighted by Gasteiger charge is -2.04. The minimum absolute atomic E-state index is 0.112. The van der Waals surface area contributed by atoms with Crippen LogP contribution in [0.15, 0.2) is 10.6 Å². The second-order valence-corrected chi connectivity index (χ2v) is 5.46. The van der Waals surface area contributed by atoms with Crippen LogP contribution in [0.25, 0.3) is 0 Å². The molecule has 0 amide bonds. The van der Waals surface area contributed by atoms with Gasteiger partial charge in [0, 0.05) is 6.07 Å². The Labute approximate surface area is 95.4 Å². The summed E-state index contributed by atoms with van der Waals surface area (Å²) in [7, 11) is -1.43. The summed E-state index contributed by atoms with van der Waals surface area (Å²) in [6.45, 7) is 2.62. The van der Waals surface area contributed by atoms with Crippen molar-refractivity contribution in [2.24, 2.45) is 0 Å². The fraction of sp³-hybridized carbons (Fsp3) is 0.667. The Morgan fingerprint density at radius 3 is 2.81 bits per heavy atom. The molecule has 92 valence electrons. The van der Waals surface area contributed by atoms with Crippen LogP contribution in [-0.2, 0) is 16.6 Å². The van der Waals surface area contributed by atoms with Gasteiger partial charge in [-0.15, -0.1) is 0 Å². The molecule has 1 rings (SSSR count). The van der Waals surface area contributed by atoms with Crippen molar-refractivity contribution in [3.05, 3.63) is 17.5 Å². The number of aryl methyl sites for hydroxylation is 1. The first-order valence-electron chi connectivity index (χ1n) is 5.07. The van der Waals surface area contributed by atoms with Gasteiger partial charge in [0.15, 0.2) is 5.76 Å². The summed E-state index contributed by atoms with van der Waals surface area (Å²) in [5.41, 5.74) is 0.740. The monoisotopic (exact) mass is 247 g/mol. The predicted molar refractivity (Wildman–Crippen MR) is 60.4 cm³/mol. The van der Waals surface area contributed by atoms with Gasteiger partial charge in [0.25, 0.3) is 0 Å². The number of hydrogen-bond donors (Lipinski definition) is 2. The first kappa shape index (κ1) is 13.1. The standard InChI is InChI=1S/C9H17N3O3S/c1-8-6-9(15-12-8)7-11-16(13,14)5-3-4-10-2/h6,10-11H,3-5,7H2,1-2H3. The van der Waals surface area contributed by atoms with E-state index in [-0.39, 0.29) is 12.3 Å². The molecule has 1 heterocycles. The number of nitrogens with zero attached hydrogens (tertiary/aromatic N) is 1. The minimum Gasteiger partial charge on any atom is -0.360 e. The molecule has 7 heteroatoms. The van der Waals surface area contributed by atoms with Gasteiger partial charge in [0.2, 0.25) is 10.0 Å². The Bertz CT molecular complexity index is 413. The van der Waals surface area contributed by atoms with E-state index in [4.69, 9.17) is 4.52 Å². The van der Waals surface area contributed by atoms with Gasteiger partial charge in [0.05, 0.1) is 18.0 Å². The van der Waals surface area contributed by atoms with Crippen LogP contribution in [-0.4, -0.2) is 32.9 Å². The van der Waals surface area contributed by atoms with Gasteiger partial charge in [-0.05, 0) is 26.9 Å². The van der Waals surface area contributed by atoms with Crippen molar-refractivity contribution in [1.82, 2.24) is 15.2 Å². The summed E-state index contributed by atoms with van der Waals surface area (Å²) in [5, 5.41) is 6.57. The zero-order valence-electron chi connectivity index (χ0n) is 9.49. The Kier molecular flexibility index (Phi) is 4.91. The smallest absolute Gasteiger partial charge is 0.212 e. The van der Waals surface area contributed by atoms with E-state index in [1.807, 2.05) is 0 Å². The third-order valence-electron chi connectivity index (χ3n) is 1.98. The highest BCUT2D eigenvalue weighted by Gasteiger charge is 2.10. The van der Waals surface area contributed by atoms with E-state index in [0.29, 0.717) is 18.7 Å². The van der Waals surface area contributed by atoms with E-state index in [9.17, 15) is 8.42 Å². The largest absolute Gasteiger partial charge is 0.360 e. The van der Waals surface area contributed by atoms with Crippen LogP contribution in [0.1, 0.15) is 17.9 Å². The molecule has 0 aliphatic carbocycles. The van der Waals surface area contributed by atoms with Crippen LogP contribution in [0, 0.1) is 6.92 Å². The maximum Gasteiger partial charge on any atom is 0.212 e. The molecule has 0 radical (unpaired) electrons. The fourth-order valence-electron chi connectivity index (χ4n) is 1.19. The lowest BCUT2D eigenvalue weighted by molar-refractivity contribution is 0.377. The van der Waals surface area contributed by atoms with Gasteiger partial charge in [-0.2, -0.15) is 0 Å². The summed E-state index contributed by atoms with van der Waals surface area (Å²) < 4.78 is 30.3. The zero-order chi connectivity index (χ0) is 12.0. The van der Waals surface area contributed by atoms with E-state index >= 15 is 0 Å². The van der Waals surface area contributed by atoms with Crippen molar-refractivity contribution in [2.75, 3.05) is 19.3 Å². The van der Waals surface area contributed by atoms with Crippen LogP contribution >= 0.6 is 0 Å². The van der Waals surface area contributed by atoms with Crippen molar-refractivity contribution in [3.63, 3.8) is 0 Å². The Balaban J connectivity index is 2.36. The molecule has 16 heavy (non-hydrogen) atoms. The summed E-state index contributed by atoms with van der Waals surface area (Å²) in [6, 6.07) is 1.70. The van der Waals surface area contributed by atoms with E-state index < -0.39 is 10.0 Å². The van der Waals surface area contributed by atoms with E-state index in [1.165, 1.54) is 0 Å². The van der Waals surface area contributed by atoms with Crippen molar-refractivity contribution in [2.45, 2.75) is 19.9 Å². The van der Waals surface area contributed by atoms with Gasteiger partial charge in [-0.1, -0.05) is 5.16 Å². The quantitative estimate of drug-likeness (QED) is 0.663. The molecule has 0 spiro atoms. The Morgan fingerprint density at radius 1 is 1.50 bits per heavy atom. The molecule has 0 fully saturated rings. The maximum absolute atomic E-state index is 11.5. The third kappa shape index (κ3) is 4.73. The molecule has 1 aromatic heterocycles. The van der Waals surface area contributed by atoms with Gasteiger partial charge in [-0.3, -0.25) is 0 Å². The lowest BCUT2D eigenvalue weighted by atomic mass is 10.4. The van der Waals surface area contributed by atoms with Gasteiger partial charge in [0.1, 0.15) is 0 Å². The highest BCUT2D eigenvalue weighted by Crippen LogP contribution is 2.02. The number of sulfonamides is 1. The fourth-order valence-corrected chi connectivity index (χ4v) is 2.22. The first-order chi connectivity index (χ1) is 7.53. The van der Waals surface area contributed by atoms with Crippen LogP contribution in [0.5, 0.6) is 0 Å². The predicted octanol–water partition coefficient (Wildman–Crippen LogP) is 0.0119. The Morgan fingerprint density at radius 2 is 2.25 bits per heavy atom. The molecule has 0 bridgehead atoms. The number of aromatic nitrogens is 1. The second-order valence-electron chi connectivity index (χ2n) is 3.53. The maximum atomic E-state index is 11.5. The molecule has 0 unspecified atom stereocenters. The number of hydrogen-bond acceptors (Lipinski definition) is 5. The topological polar surface area (TPSA) is 84.2 Å². The average Bonchev–Trinajstić information content (AvgIpc) is 2.62. The summed E-state index contributed by atoms with van der Waals surface area (Å²) in [6.07, 6.45) is 0.585. The highest BCUT2D eigenvalue weighted by atomic mass is 32.2. The van der Waals surface area contributed by atoms with Crippen LogP contribution < -0.4 is 10.0 Å². The molecule has 0 saturated heterocycles. The van der Waals surface area contributed by atoms with E-state index in [1.54, 1.807) is 20.0 Å². The summed E-state index contributed by atoms with van der Waals surface area (Å²) >= 11 is 0. The van der Waals surface area contributed by atoms with Crippen LogP contribution in [0.4, 0.5) is 0 Å². The summed E-state index contributed by atoms with van der Waals surface area (Å²) in [5.74, 6) is 0.635. The molecule has 0 aliphatic rings. The molecule has 6 nitrogen and oxygen atoms in total. The normalized spacial score (nSPS) is 11.9. The van der Waals surface area contributed by atoms with Gasteiger partial charge >= 0.3 is 0 Å². The van der Waals surface area contributed by atoms with Crippen molar-refractivity contribution in [1.29, 1.82) is 0 Å². The molecule has 0 atom stereocenters. The molecule has 0 aromatic carbocycles. The van der Waals surface area contributed by atoms with Gasteiger partial charge in [-0.25, -0.2) is 13.1 Å².